The van der Waals surface area contributed by atoms with Crippen molar-refractivity contribution in [1.29, 1.82) is 5.26 Å². The van der Waals surface area contributed by atoms with Crippen LogP contribution in [-0.2, 0) is 0 Å². The number of nitriles is 1. The van der Waals surface area contributed by atoms with Gasteiger partial charge < -0.3 is 5.32 Å². The fraction of sp³-hybridized carbons (Fsp3) is 0.364. The minimum absolute atomic E-state index is 0.298. The van der Waals surface area contributed by atoms with Crippen molar-refractivity contribution < 1.29 is 0 Å². The number of hydrogen-bond acceptors (Lipinski definition) is 2. The van der Waals surface area contributed by atoms with Crippen molar-refractivity contribution in [3.63, 3.8) is 0 Å². The minimum atomic E-state index is -0.298. The number of benzene rings is 1. The zero-order valence-corrected chi connectivity index (χ0v) is 9.34. The minimum Gasteiger partial charge on any atom is -0.367 e. The van der Waals surface area contributed by atoms with Gasteiger partial charge in [-0.25, -0.2) is 0 Å². The number of nitrogens with one attached hydrogen (secondary N) is 1. The second kappa shape index (κ2) is 3.62. The molecule has 0 saturated heterocycles. The lowest BCUT2D eigenvalue weighted by atomic mass is 9.78. The van der Waals surface area contributed by atoms with Crippen LogP contribution in [0, 0.1) is 11.3 Å². The summed E-state index contributed by atoms with van der Waals surface area (Å²) >= 11 is 3.38. The van der Waals surface area contributed by atoms with E-state index in [0.29, 0.717) is 0 Å². The lowest BCUT2D eigenvalue weighted by molar-refractivity contribution is 0.356. The van der Waals surface area contributed by atoms with Crippen LogP contribution in [0.25, 0.3) is 0 Å². The van der Waals surface area contributed by atoms with Gasteiger partial charge in [0.2, 0.25) is 0 Å². The average molecular weight is 251 g/mol. The number of hydrogen-bond donors (Lipinski definition) is 1. The Hall–Kier alpha value is -1.01. The maximum absolute atomic E-state index is 9.03. The summed E-state index contributed by atoms with van der Waals surface area (Å²) < 4.78 is 1.06. The summed E-state index contributed by atoms with van der Waals surface area (Å²) in [5.41, 5.74) is 0.725. The standard InChI is InChI=1S/C11H11BrN2/c12-9-2-4-10(5-3-9)14-11(8-13)6-1-7-11/h2-5,14H,1,6-7H2. The van der Waals surface area contributed by atoms with Gasteiger partial charge in [-0.05, 0) is 43.5 Å². The molecule has 3 heteroatoms. The fourth-order valence-corrected chi connectivity index (χ4v) is 1.87. The van der Waals surface area contributed by atoms with Crippen molar-refractivity contribution in [3.8, 4) is 6.07 Å². The van der Waals surface area contributed by atoms with Gasteiger partial charge in [0.1, 0.15) is 5.54 Å². The van der Waals surface area contributed by atoms with E-state index < -0.39 is 0 Å². The lowest BCUT2D eigenvalue weighted by Gasteiger charge is -2.36. The summed E-state index contributed by atoms with van der Waals surface area (Å²) in [5.74, 6) is 0. The van der Waals surface area contributed by atoms with Crippen LogP contribution in [0.1, 0.15) is 19.3 Å². The van der Waals surface area contributed by atoms with Gasteiger partial charge in [-0.2, -0.15) is 5.26 Å². The third-order valence-electron chi connectivity index (χ3n) is 2.65. The van der Waals surface area contributed by atoms with E-state index in [1.165, 1.54) is 0 Å². The maximum atomic E-state index is 9.03. The Morgan fingerprint density at radius 2 is 1.93 bits per heavy atom. The van der Waals surface area contributed by atoms with Crippen LogP contribution in [0.3, 0.4) is 0 Å². The van der Waals surface area contributed by atoms with Gasteiger partial charge in [0.15, 0.2) is 0 Å². The van der Waals surface area contributed by atoms with E-state index in [1.807, 2.05) is 24.3 Å². The van der Waals surface area contributed by atoms with Crippen molar-refractivity contribution in [2.45, 2.75) is 24.8 Å². The maximum Gasteiger partial charge on any atom is 0.125 e. The third kappa shape index (κ3) is 1.76. The molecular formula is C11H11BrN2. The Kier molecular flexibility index (Phi) is 2.47. The first-order valence-corrected chi connectivity index (χ1v) is 5.48. The van der Waals surface area contributed by atoms with Gasteiger partial charge in [0.05, 0.1) is 6.07 Å². The first-order chi connectivity index (χ1) is 6.74. The molecule has 0 spiro atoms. The zero-order valence-electron chi connectivity index (χ0n) is 7.76. The zero-order chi connectivity index (χ0) is 10.0. The van der Waals surface area contributed by atoms with Gasteiger partial charge in [0, 0.05) is 10.2 Å². The highest BCUT2D eigenvalue weighted by atomic mass is 79.9. The highest BCUT2D eigenvalue weighted by molar-refractivity contribution is 9.10. The van der Waals surface area contributed by atoms with Crippen LogP contribution >= 0.6 is 15.9 Å². The largest absolute Gasteiger partial charge is 0.367 e. The summed E-state index contributed by atoms with van der Waals surface area (Å²) in [5, 5.41) is 12.3. The monoisotopic (exact) mass is 250 g/mol. The molecule has 0 radical (unpaired) electrons. The molecule has 72 valence electrons. The highest BCUT2D eigenvalue weighted by Gasteiger charge is 2.36. The van der Waals surface area contributed by atoms with Crippen LogP contribution < -0.4 is 5.32 Å². The van der Waals surface area contributed by atoms with Crippen molar-refractivity contribution in [3.05, 3.63) is 28.7 Å². The molecule has 0 heterocycles. The Morgan fingerprint density at radius 3 is 2.36 bits per heavy atom. The van der Waals surface area contributed by atoms with Crippen molar-refractivity contribution in [2.24, 2.45) is 0 Å². The lowest BCUT2D eigenvalue weighted by Crippen LogP contribution is -2.43. The van der Waals surface area contributed by atoms with Gasteiger partial charge in [-0.1, -0.05) is 15.9 Å². The van der Waals surface area contributed by atoms with Crippen molar-refractivity contribution >= 4 is 21.6 Å². The SMILES string of the molecule is N#CC1(Nc2ccc(Br)cc2)CCC1. The molecule has 1 aliphatic rings. The quantitative estimate of drug-likeness (QED) is 0.875. The van der Waals surface area contributed by atoms with Crippen molar-refractivity contribution in [1.82, 2.24) is 0 Å². The van der Waals surface area contributed by atoms with Crippen LogP contribution in [0.15, 0.2) is 28.7 Å². The molecular weight excluding hydrogens is 240 g/mol. The van der Waals surface area contributed by atoms with E-state index in [1.54, 1.807) is 0 Å². The molecule has 0 aliphatic heterocycles. The van der Waals surface area contributed by atoms with E-state index in [-0.39, 0.29) is 5.54 Å². The molecule has 1 fully saturated rings. The Morgan fingerprint density at radius 1 is 1.29 bits per heavy atom. The molecule has 14 heavy (non-hydrogen) atoms. The number of anilines is 1. The van der Waals surface area contributed by atoms with Crippen LogP contribution in [0.2, 0.25) is 0 Å². The molecule has 0 bridgehead atoms. The van der Waals surface area contributed by atoms with E-state index in [9.17, 15) is 0 Å². The van der Waals surface area contributed by atoms with Gasteiger partial charge in [0.25, 0.3) is 0 Å². The van der Waals surface area contributed by atoms with Crippen LogP contribution in [0.5, 0.6) is 0 Å². The number of rotatable bonds is 2. The first-order valence-electron chi connectivity index (χ1n) is 4.69. The molecule has 1 saturated carbocycles. The second-order valence-corrected chi connectivity index (χ2v) is 4.60. The molecule has 1 aromatic rings. The molecule has 2 nitrogen and oxygen atoms in total. The second-order valence-electron chi connectivity index (χ2n) is 3.68. The van der Waals surface area contributed by atoms with Crippen molar-refractivity contribution in [2.75, 3.05) is 5.32 Å². The normalized spacial score (nSPS) is 18.0. The first kappa shape index (κ1) is 9.54. The Labute approximate surface area is 92.1 Å². The van der Waals surface area contributed by atoms with E-state index in [0.717, 1.165) is 29.4 Å². The van der Waals surface area contributed by atoms with Crippen LogP contribution in [-0.4, -0.2) is 5.54 Å². The Bertz CT molecular complexity index is 360. The number of halogens is 1. The third-order valence-corrected chi connectivity index (χ3v) is 3.18. The van der Waals surface area contributed by atoms with E-state index in [4.69, 9.17) is 5.26 Å². The molecule has 0 unspecified atom stereocenters. The summed E-state index contributed by atoms with van der Waals surface area (Å²) in [4.78, 5) is 0. The van der Waals surface area contributed by atoms with Gasteiger partial charge in [-0.15, -0.1) is 0 Å². The highest BCUT2D eigenvalue weighted by Crippen LogP contribution is 2.34. The Balaban J connectivity index is 2.11. The topological polar surface area (TPSA) is 35.8 Å². The van der Waals surface area contributed by atoms with E-state index >= 15 is 0 Å². The van der Waals surface area contributed by atoms with E-state index in [2.05, 4.69) is 27.3 Å². The molecule has 2 rings (SSSR count). The predicted octanol–water partition coefficient (Wildman–Crippen LogP) is 3.31. The molecule has 0 amide bonds. The predicted molar refractivity (Wildman–Crippen MR) is 60.0 cm³/mol. The van der Waals surface area contributed by atoms with Gasteiger partial charge >= 0.3 is 0 Å². The molecule has 1 aromatic carbocycles. The molecule has 1 aliphatic carbocycles. The fourth-order valence-electron chi connectivity index (χ4n) is 1.60. The van der Waals surface area contributed by atoms with Crippen LogP contribution in [0.4, 0.5) is 5.69 Å². The average Bonchev–Trinajstić information content (AvgIpc) is 2.15. The summed E-state index contributed by atoms with van der Waals surface area (Å²) in [6.45, 7) is 0. The summed E-state index contributed by atoms with van der Waals surface area (Å²) in [6.07, 6.45) is 3.07. The molecule has 0 aromatic heterocycles. The van der Waals surface area contributed by atoms with Gasteiger partial charge in [-0.3, -0.25) is 0 Å². The number of nitrogens with zero attached hydrogens (tertiary/aromatic N) is 1. The summed E-state index contributed by atoms with van der Waals surface area (Å²) in [6, 6.07) is 10.3. The smallest absolute Gasteiger partial charge is 0.125 e. The molecule has 0 atom stereocenters. The summed E-state index contributed by atoms with van der Waals surface area (Å²) in [7, 11) is 0. The molecule has 1 N–H and O–H groups in total.